The molecule has 3 heterocycles. The molecule has 0 fully saturated rings. The van der Waals surface area contributed by atoms with Crippen LogP contribution in [0.4, 0.5) is 10.0 Å². The minimum Gasteiger partial charge on any atom is -0.497 e. The molecule has 226 valence electrons. The molecule has 1 aromatic carbocycles. The van der Waals surface area contributed by atoms with Gasteiger partial charge in [0.25, 0.3) is 5.91 Å². The van der Waals surface area contributed by atoms with E-state index in [9.17, 15) is 4.79 Å². The van der Waals surface area contributed by atoms with Crippen LogP contribution in [-0.4, -0.2) is 77.5 Å². The third kappa shape index (κ3) is 6.83. The molecule has 42 heavy (non-hydrogen) atoms. The van der Waals surface area contributed by atoms with Gasteiger partial charge in [0.05, 0.1) is 24.8 Å². The van der Waals surface area contributed by atoms with Crippen LogP contribution in [0.2, 0.25) is 0 Å². The van der Waals surface area contributed by atoms with Crippen molar-refractivity contribution in [3.8, 4) is 22.9 Å². The van der Waals surface area contributed by atoms with Crippen molar-refractivity contribution >= 4 is 38.7 Å². The van der Waals surface area contributed by atoms with Crippen molar-refractivity contribution in [2.24, 2.45) is 10.1 Å². The van der Waals surface area contributed by atoms with Crippen molar-refractivity contribution in [3.63, 3.8) is 0 Å². The van der Waals surface area contributed by atoms with E-state index in [1.54, 1.807) is 30.2 Å². The number of aromatic nitrogens is 3. The highest BCUT2D eigenvalue weighted by atomic mass is 32.1. The number of benzene rings is 1. The van der Waals surface area contributed by atoms with Crippen LogP contribution in [0.1, 0.15) is 72.0 Å². The third-order valence-electron chi connectivity index (χ3n) is 7.25. The summed E-state index contributed by atoms with van der Waals surface area (Å²) in [6.07, 6.45) is 6.11. The van der Waals surface area contributed by atoms with Gasteiger partial charge in [-0.15, -0.1) is 10.2 Å². The third-order valence-corrected chi connectivity index (χ3v) is 8.29. The first-order chi connectivity index (χ1) is 20.5. The Morgan fingerprint density at radius 3 is 2.24 bits per heavy atom. The minimum atomic E-state index is -0.139. The van der Waals surface area contributed by atoms with Gasteiger partial charge in [0.15, 0.2) is 11.5 Å². The van der Waals surface area contributed by atoms with Gasteiger partial charge in [-0.3, -0.25) is 4.79 Å². The lowest BCUT2D eigenvalue weighted by atomic mass is 10.1. The summed E-state index contributed by atoms with van der Waals surface area (Å²) in [4.78, 5) is 23.3. The Hall–Kier alpha value is -3.73. The summed E-state index contributed by atoms with van der Waals surface area (Å²) in [6.45, 7) is 11.9. The molecule has 0 unspecified atom stereocenters. The molecule has 0 spiro atoms. The molecule has 11 heteroatoms. The van der Waals surface area contributed by atoms with E-state index in [1.807, 2.05) is 29.2 Å². The number of hydrogen-bond acceptors (Lipinski definition) is 9. The Kier molecular flexibility index (Phi) is 11.1. The summed E-state index contributed by atoms with van der Waals surface area (Å²) in [5.41, 5.74) is 1.38. The van der Waals surface area contributed by atoms with Crippen LogP contribution in [0.25, 0.3) is 11.4 Å². The summed E-state index contributed by atoms with van der Waals surface area (Å²) in [5.74, 6) is 1.99. The number of carbonyl (C=O) groups excluding carboxylic acids is 1. The highest BCUT2D eigenvalue weighted by Gasteiger charge is 2.36. The van der Waals surface area contributed by atoms with Crippen molar-refractivity contribution in [1.82, 2.24) is 19.8 Å². The lowest BCUT2D eigenvalue weighted by molar-refractivity contribution is -0.124. The summed E-state index contributed by atoms with van der Waals surface area (Å²) in [5, 5.41) is 15.7. The summed E-state index contributed by atoms with van der Waals surface area (Å²) >= 11 is 1.61. The Labute approximate surface area is 253 Å². The number of amides is 1. The van der Waals surface area contributed by atoms with Gasteiger partial charge in [0, 0.05) is 26.2 Å². The van der Waals surface area contributed by atoms with E-state index in [1.165, 1.54) is 0 Å². The number of methoxy groups -OCH3 is 2. The number of carbonyl (C=O) groups is 1. The van der Waals surface area contributed by atoms with Crippen LogP contribution in [0.5, 0.6) is 11.5 Å². The van der Waals surface area contributed by atoms with Crippen molar-refractivity contribution in [3.05, 3.63) is 36.2 Å². The normalized spacial score (nSPS) is 13.3. The number of hydrogen-bond donors (Lipinski definition) is 0. The Bertz CT molecular complexity index is 1400. The van der Waals surface area contributed by atoms with E-state index in [-0.39, 0.29) is 11.6 Å². The molecule has 4 rings (SSSR count). The van der Waals surface area contributed by atoms with E-state index in [0.29, 0.717) is 47.5 Å². The SMILES string of the molecule is CCCCN(CCCC)C(=O)C1=Nn2c(nnc2-c2cc(OC)ccc2OC)C1=Nc1ccc(N(CC)CCCC)s1. The standard InChI is InChI=1S/C31H43N7O3S/c1-7-11-18-36(10-4)26-17-16-25(42-26)32-27-28(31(39)37(19-12-8-2)20-13-9-3)35-38-29(33-34-30(27)38)23-21-22(40-5)14-15-24(23)41-6/h14-17,21H,7-13,18-20H2,1-6H3. The zero-order chi connectivity index (χ0) is 30.1. The number of nitrogens with zero attached hydrogens (tertiary/aromatic N) is 7. The van der Waals surface area contributed by atoms with Gasteiger partial charge in [-0.25, -0.2) is 4.99 Å². The van der Waals surface area contributed by atoms with Crippen LogP contribution in [0.15, 0.2) is 40.4 Å². The fourth-order valence-electron chi connectivity index (χ4n) is 4.77. The van der Waals surface area contributed by atoms with E-state index >= 15 is 0 Å². The second-order valence-electron chi connectivity index (χ2n) is 10.2. The Morgan fingerprint density at radius 2 is 1.60 bits per heavy atom. The molecular formula is C31H43N7O3S. The van der Waals surface area contributed by atoms with E-state index in [2.05, 4.69) is 48.9 Å². The first-order valence-corrected chi connectivity index (χ1v) is 15.8. The van der Waals surface area contributed by atoms with Gasteiger partial charge >= 0.3 is 0 Å². The topological polar surface area (TPSA) is 97.4 Å². The predicted molar refractivity (Wildman–Crippen MR) is 171 cm³/mol. The predicted octanol–water partition coefficient (Wildman–Crippen LogP) is 6.42. The molecule has 0 aliphatic carbocycles. The highest BCUT2D eigenvalue weighted by molar-refractivity contribution is 7.19. The molecule has 2 aromatic heterocycles. The maximum Gasteiger partial charge on any atom is 0.276 e. The number of thiophene rings is 1. The van der Waals surface area contributed by atoms with E-state index in [4.69, 9.17) is 19.6 Å². The van der Waals surface area contributed by atoms with Gasteiger partial charge in [0.1, 0.15) is 22.2 Å². The molecule has 1 amide bonds. The molecule has 0 bridgehead atoms. The smallest absolute Gasteiger partial charge is 0.276 e. The largest absolute Gasteiger partial charge is 0.497 e. The van der Waals surface area contributed by atoms with Crippen LogP contribution >= 0.6 is 11.3 Å². The van der Waals surface area contributed by atoms with Crippen molar-refractivity contribution in [2.75, 3.05) is 45.3 Å². The zero-order valence-corrected chi connectivity index (χ0v) is 26.5. The van der Waals surface area contributed by atoms with Crippen LogP contribution in [0, 0.1) is 0 Å². The molecule has 1 aliphatic rings. The Morgan fingerprint density at radius 1 is 0.905 bits per heavy atom. The minimum absolute atomic E-state index is 0.139. The lowest BCUT2D eigenvalue weighted by Gasteiger charge is -2.22. The monoisotopic (exact) mass is 593 g/mol. The first kappa shape index (κ1) is 31.2. The molecule has 1 aliphatic heterocycles. The number of unbranched alkanes of at least 4 members (excludes halogenated alkanes) is 3. The molecule has 0 atom stereocenters. The Balaban J connectivity index is 1.81. The van der Waals surface area contributed by atoms with E-state index in [0.717, 1.165) is 61.6 Å². The second kappa shape index (κ2) is 14.9. The average molecular weight is 594 g/mol. The average Bonchev–Trinajstić information content (AvgIpc) is 3.74. The maximum atomic E-state index is 14.1. The number of anilines is 1. The molecule has 0 saturated carbocycles. The summed E-state index contributed by atoms with van der Waals surface area (Å²) < 4.78 is 12.7. The summed E-state index contributed by atoms with van der Waals surface area (Å²) in [6, 6.07) is 9.57. The lowest BCUT2D eigenvalue weighted by Crippen LogP contribution is -2.40. The van der Waals surface area contributed by atoms with E-state index < -0.39 is 0 Å². The molecule has 0 N–H and O–H groups in total. The molecule has 0 saturated heterocycles. The molecular weight excluding hydrogens is 550 g/mol. The zero-order valence-electron chi connectivity index (χ0n) is 25.7. The second-order valence-corrected chi connectivity index (χ2v) is 11.2. The number of ether oxygens (including phenoxy) is 2. The van der Waals surface area contributed by atoms with Gasteiger partial charge in [-0.05, 0) is 56.5 Å². The maximum absolute atomic E-state index is 14.1. The molecule has 0 radical (unpaired) electrons. The van der Waals surface area contributed by atoms with Crippen molar-refractivity contribution < 1.29 is 14.3 Å². The van der Waals surface area contributed by atoms with Gasteiger partial charge in [0.2, 0.25) is 5.82 Å². The van der Waals surface area contributed by atoms with Crippen molar-refractivity contribution in [1.29, 1.82) is 0 Å². The molecule has 3 aromatic rings. The fraction of sp³-hybridized carbons (Fsp3) is 0.516. The van der Waals surface area contributed by atoms with Crippen LogP contribution in [-0.2, 0) is 4.79 Å². The van der Waals surface area contributed by atoms with Gasteiger partial charge < -0.3 is 19.3 Å². The molecule has 10 nitrogen and oxygen atoms in total. The van der Waals surface area contributed by atoms with Crippen LogP contribution < -0.4 is 14.4 Å². The van der Waals surface area contributed by atoms with Gasteiger partial charge in [-0.2, -0.15) is 9.78 Å². The summed E-state index contributed by atoms with van der Waals surface area (Å²) in [7, 11) is 3.21. The number of rotatable bonds is 16. The van der Waals surface area contributed by atoms with Gasteiger partial charge in [-0.1, -0.05) is 51.4 Å². The van der Waals surface area contributed by atoms with Crippen LogP contribution in [0.3, 0.4) is 0 Å². The quantitative estimate of drug-likeness (QED) is 0.190. The number of aliphatic imine (C=N–C) groups is 1. The van der Waals surface area contributed by atoms with Crippen molar-refractivity contribution in [2.45, 2.75) is 66.2 Å². The first-order valence-electron chi connectivity index (χ1n) is 15.0. The fourth-order valence-corrected chi connectivity index (χ4v) is 5.75. The highest BCUT2D eigenvalue weighted by Crippen LogP contribution is 2.36. The number of fused-ring (bicyclic) bond motifs is 1.